The van der Waals surface area contributed by atoms with Crippen LogP contribution in [0.25, 0.3) is 0 Å². The second-order valence-electron chi connectivity index (χ2n) is 4.08. The van der Waals surface area contributed by atoms with E-state index in [0.29, 0.717) is 43.6 Å². The highest BCUT2D eigenvalue weighted by atomic mass is 16.6. The zero-order chi connectivity index (χ0) is 13.5. The molecule has 0 radical (unpaired) electrons. The standard InChI is InChI=1S/C13H18N2O4/c1-17-5-4-14-9-13(16)15-10-2-3-11-12(8-10)19-7-6-18-11/h2-3,8,14H,4-7,9H2,1H3,(H,15,16). The number of rotatable bonds is 6. The molecule has 0 saturated carbocycles. The van der Waals surface area contributed by atoms with Crippen LogP contribution in [0.15, 0.2) is 18.2 Å². The normalized spacial score (nSPS) is 13.1. The number of methoxy groups -OCH3 is 1. The van der Waals surface area contributed by atoms with Gasteiger partial charge in [-0.1, -0.05) is 0 Å². The Kier molecular flexibility index (Phi) is 5.00. The summed E-state index contributed by atoms with van der Waals surface area (Å²) in [6, 6.07) is 5.35. The first-order valence-corrected chi connectivity index (χ1v) is 6.19. The van der Waals surface area contributed by atoms with Crippen molar-refractivity contribution in [3.63, 3.8) is 0 Å². The quantitative estimate of drug-likeness (QED) is 0.739. The number of ether oxygens (including phenoxy) is 3. The van der Waals surface area contributed by atoms with E-state index in [1.54, 1.807) is 25.3 Å². The van der Waals surface area contributed by atoms with Gasteiger partial charge in [0.25, 0.3) is 0 Å². The number of amides is 1. The van der Waals surface area contributed by atoms with Crippen molar-refractivity contribution in [1.82, 2.24) is 5.32 Å². The molecule has 1 aliphatic rings. The van der Waals surface area contributed by atoms with Gasteiger partial charge in [0.1, 0.15) is 13.2 Å². The maximum atomic E-state index is 11.7. The summed E-state index contributed by atoms with van der Waals surface area (Å²) >= 11 is 0. The van der Waals surface area contributed by atoms with Crippen LogP contribution in [0.3, 0.4) is 0 Å². The lowest BCUT2D eigenvalue weighted by atomic mass is 10.2. The van der Waals surface area contributed by atoms with E-state index in [4.69, 9.17) is 14.2 Å². The van der Waals surface area contributed by atoms with Crippen LogP contribution in [0.1, 0.15) is 0 Å². The molecule has 0 bridgehead atoms. The summed E-state index contributed by atoms with van der Waals surface area (Å²) in [6.45, 7) is 2.56. The Labute approximate surface area is 112 Å². The van der Waals surface area contributed by atoms with E-state index in [9.17, 15) is 4.79 Å². The van der Waals surface area contributed by atoms with E-state index >= 15 is 0 Å². The highest BCUT2D eigenvalue weighted by Gasteiger charge is 2.12. The van der Waals surface area contributed by atoms with E-state index < -0.39 is 0 Å². The predicted octanol–water partition coefficient (Wildman–Crippen LogP) is 0.632. The average Bonchev–Trinajstić information content (AvgIpc) is 2.43. The maximum Gasteiger partial charge on any atom is 0.238 e. The topological polar surface area (TPSA) is 68.8 Å². The molecule has 104 valence electrons. The molecule has 1 aliphatic heterocycles. The molecule has 19 heavy (non-hydrogen) atoms. The molecule has 1 aromatic carbocycles. The number of hydrogen-bond acceptors (Lipinski definition) is 5. The molecule has 2 N–H and O–H groups in total. The molecule has 6 heteroatoms. The molecule has 0 aliphatic carbocycles. The smallest absolute Gasteiger partial charge is 0.238 e. The Hall–Kier alpha value is -1.79. The molecule has 1 heterocycles. The minimum absolute atomic E-state index is 0.104. The van der Waals surface area contributed by atoms with Crippen molar-refractivity contribution < 1.29 is 19.0 Å². The van der Waals surface area contributed by atoms with Crippen LogP contribution in [0.2, 0.25) is 0 Å². The van der Waals surface area contributed by atoms with Gasteiger partial charge < -0.3 is 24.8 Å². The fourth-order valence-electron chi connectivity index (χ4n) is 1.70. The highest BCUT2D eigenvalue weighted by Crippen LogP contribution is 2.32. The molecule has 0 unspecified atom stereocenters. The number of carbonyl (C=O) groups excluding carboxylic acids is 1. The molecule has 0 saturated heterocycles. The van der Waals surface area contributed by atoms with Crippen LogP contribution in [0.4, 0.5) is 5.69 Å². The fourth-order valence-corrected chi connectivity index (χ4v) is 1.70. The van der Waals surface area contributed by atoms with Crippen molar-refractivity contribution in [2.45, 2.75) is 0 Å². The second kappa shape index (κ2) is 6.96. The summed E-state index contributed by atoms with van der Waals surface area (Å²) in [7, 11) is 1.62. The second-order valence-corrected chi connectivity index (χ2v) is 4.08. The Balaban J connectivity index is 1.83. The molecule has 1 aromatic rings. The molecule has 6 nitrogen and oxygen atoms in total. The lowest BCUT2D eigenvalue weighted by Gasteiger charge is -2.19. The van der Waals surface area contributed by atoms with Crippen molar-refractivity contribution in [3.8, 4) is 11.5 Å². The third kappa shape index (κ3) is 4.11. The SMILES string of the molecule is COCCNCC(=O)Nc1ccc2c(c1)OCCO2. The van der Waals surface area contributed by atoms with Crippen LogP contribution in [0.5, 0.6) is 11.5 Å². The Morgan fingerprint density at radius 3 is 2.89 bits per heavy atom. The van der Waals surface area contributed by atoms with Crippen LogP contribution >= 0.6 is 0 Å². The summed E-state index contributed by atoms with van der Waals surface area (Å²) in [4.78, 5) is 11.7. The van der Waals surface area contributed by atoms with Gasteiger partial charge in [0.05, 0.1) is 13.2 Å². The number of nitrogens with one attached hydrogen (secondary N) is 2. The summed E-state index contributed by atoms with van der Waals surface area (Å²) in [6.07, 6.45) is 0. The van der Waals surface area contributed by atoms with E-state index in [1.165, 1.54) is 0 Å². The van der Waals surface area contributed by atoms with Gasteiger partial charge in [-0.15, -0.1) is 0 Å². The number of fused-ring (bicyclic) bond motifs is 1. The van der Waals surface area contributed by atoms with Gasteiger partial charge in [0.2, 0.25) is 5.91 Å². The molecular weight excluding hydrogens is 248 g/mol. The fraction of sp³-hybridized carbons (Fsp3) is 0.462. The van der Waals surface area contributed by atoms with E-state index in [2.05, 4.69) is 10.6 Å². The van der Waals surface area contributed by atoms with Crippen LogP contribution in [-0.2, 0) is 9.53 Å². The van der Waals surface area contributed by atoms with E-state index in [0.717, 1.165) is 0 Å². The van der Waals surface area contributed by atoms with Crippen molar-refractivity contribution in [3.05, 3.63) is 18.2 Å². The van der Waals surface area contributed by atoms with Gasteiger partial charge >= 0.3 is 0 Å². The summed E-state index contributed by atoms with van der Waals surface area (Å²) in [5, 5.41) is 5.77. The Morgan fingerprint density at radius 2 is 2.11 bits per heavy atom. The highest BCUT2D eigenvalue weighted by molar-refractivity contribution is 5.92. The number of hydrogen-bond donors (Lipinski definition) is 2. The largest absolute Gasteiger partial charge is 0.486 e. The molecule has 0 aromatic heterocycles. The summed E-state index contributed by atoms with van der Waals surface area (Å²) < 4.78 is 15.7. The van der Waals surface area contributed by atoms with Gasteiger partial charge in [0.15, 0.2) is 11.5 Å². The number of anilines is 1. The molecule has 0 atom stereocenters. The third-order valence-electron chi connectivity index (χ3n) is 2.59. The Morgan fingerprint density at radius 1 is 1.32 bits per heavy atom. The van der Waals surface area contributed by atoms with Crippen molar-refractivity contribution in [2.75, 3.05) is 45.3 Å². The lowest BCUT2D eigenvalue weighted by molar-refractivity contribution is -0.115. The van der Waals surface area contributed by atoms with E-state index in [-0.39, 0.29) is 12.5 Å². The maximum absolute atomic E-state index is 11.7. The van der Waals surface area contributed by atoms with Gasteiger partial charge in [-0.3, -0.25) is 4.79 Å². The Bertz CT molecular complexity index is 437. The number of benzene rings is 1. The molecular formula is C13H18N2O4. The first kappa shape index (κ1) is 13.6. The van der Waals surface area contributed by atoms with Crippen molar-refractivity contribution in [1.29, 1.82) is 0 Å². The number of carbonyl (C=O) groups is 1. The van der Waals surface area contributed by atoms with E-state index in [1.807, 2.05) is 0 Å². The lowest BCUT2D eigenvalue weighted by Crippen LogP contribution is -2.30. The van der Waals surface area contributed by atoms with Crippen molar-refractivity contribution >= 4 is 11.6 Å². The molecule has 0 fully saturated rings. The zero-order valence-electron chi connectivity index (χ0n) is 10.9. The van der Waals surface area contributed by atoms with Crippen LogP contribution in [-0.4, -0.2) is 45.9 Å². The molecule has 2 rings (SSSR count). The van der Waals surface area contributed by atoms with Crippen molar-refractivity contribution in [2.24, 2.45) is 0 Å². The summed E-state index contributed by atoms with van der Waals surface area (Å²) in [5.74, 6) is 1.27. The minimum Gasteiger partial charge on any atom is -0.486 e. The van der Waals surface area contributed by atoms with Gasteiger partial charge in [0, 0.05) is 25.4 Å². The summed E-state index contributed by atoms with van der Waals surface area (Å²) in [5.41, 5.74) is 0.697. The van der Waals surface area contributed by atoms with Gasteiger partial charge in [-0.2, -0.15) is 0 Å². The van der Waals surface area contributed by atoms with Gasteiger partial charge in [-0.25, -0.2) is 0 Å². The third-order valence-corrected chi connectivity index (χ3v) is 2.59. The monoisotopic (exact) mass is 266 g/mol. The first-order chi connectivity index (χ1) is 9.29. The molecule has 0 spiro atoms. The van der Waals surface area contributed by atoms with Crippen LogP contribution < -0.4 is 20.1 Å². The average molecular weight is 266 g/mol. The zero-order valence-corrected chi connectivity index (χ0v) is 10.9. The molecule has 1 amide bonds. The predicted molar refractivity (Wildman–Crippen MR) is 70.8 cm³/mol. The van der Waals surface area contributed by atoms with Gasteiger partial charge in [-0.05, 0) is 12.1 Å². The minimum atomic E-state index is -0.104. The first-order valence-electron chi connectivity index (χ1n) is 6.19. The van der Waals surface area contributed by atoms with Crippen LogP contribution in [0, 0.1) is 0 Å².